The number of hydrogen-bond donors (Lipinski definition) is 2. The number of aliphatic hydroxyl groups excluding tert-OH is 2. The van der Waals surface area contributed by atoms with Crippen LogP contribution >= 0.6 is 11.8 Å². The maximum absolute atomic E-state index is 11.7. The van der Waals surface area contributed by atoms with Gasteiger partial charge in [0, 0.05) is 13.1 Å². The summed E-state index contributed by atoms with van der Waals surface area (Å²) in [5.74, 6) is 0.729. The number of carbonyl (C=O) groups is 2. The Bertz CT molecular complexity index is 302. The normalized spacial score (nSPS) is 30.2. The summed E-state index contributed by atoms with van der Waals surface area (Å²) < 4.78 is 0. The number of likely N-dealkylation sites (tertiary alicyclic amines) is 1. The van der Waals surface area contributed by atoms with Crippen molar-refractivity contribution < 1.29 is 19.8 Å². The monoisotopic (exact) mass is 246 g/mol. The number of thioether (sulfide) groups is 1. The Hall–Kier alpha value is -0.790. The number of rotatable bonds is 2. The van der Waals surface area contributed by atoms with Gasteiger partial charge < -0.3 is 20.0 Å². The highest BCUT2D eigenvalue weighted by Crippen LogP contribution is 2.16. The smallest absolute Gasteiger partial charge is 0.242 e. The molecule has 2 rings (SSSR count). The number of carbonyl (C=O) groups excluding carboxylic acids is 2. The maximum atomic E-state index is 11.7. The zero-order valence-corrected chi connectivity index (χ0v) is 9.52. The largest absolute Gasteiger partial charge is 0.388 e. The van der Waals surface area contributed by atoms with Crippen molar-refractivity contribution in [2.24, 2.45) is 0 Å². The molecule has 0 saturated carbocycles. The van der Waals surface area contributed by atoms with Gasteiger partial charge in [0.25, 0.3) is 0 Å². The number of amides is 2. The Morgan fingerprint density at radius 2 is 2.00 bits per heavy atom. The van der Waals surface area contributed by atoms with Crippen LogP contribution in [0.1, 0.15) is 0 Å². The number of aliphatic hydroxyl groups is 2. The molecule has 90 valence electrons. The molecule has 0 spiro atoms. The van der Waals surface area contributed by atoms with E-state index in [1.54, 1.807) is 0 Å². The summed E-state index contributed by atoms with van der Waals surface area (Å²) >= 11 is 1.48. The van der Waals surface area contributed by atoms with E-state index >= 15 is 0 Å². The number of nitrogens with zero attached hydrogens (tertiary/aromatic N) is 2. The zero-order chi connectivity index (χ0) is 11.7. The van der Waals surface area contributed by atoms with Crippen LogP contribution in [0, 0.1) is 0 Å². The summed E-state index contributed by atoms with van der Waals surface area (Å²) in [5, 5.41) is 18.6. The summed E-state index contributed by atoms with van der Waals surface area (Å²) in [7, 11) is 0. The molecule has 0 radical (unpaired) electrons. The molecule has 2 amide bonds. The first-order chi connectivity index (χ1) is 7.58. The van der Waals surface area contributed by atoms with E-state index in [1.807, 2.05) is 0 Å². The van der Waals surface area contributed by atoms with Crippen molar-refractivity contribution in [2.45, 2.75) is 12.2 Å². The lowest BCUT2D eigenvalue weighted by molar-refractivity contribution is -0.137. The van der Waals surface area contributed by atoms with E-state index in [0.717, 1.165) is 0 Å². The average Bonchev–Trinajstić information content (AvgIpc) is 2.76. The zero-order valence-electron chi connectivity index (χ0n) is 8.70. The maximum Gasteiger partial charge on any atom is 0.242 e. The average molecular weight is 246 g/mol. The third kappa shape index (κ3) is 2.31. The summed E-state index contributed by atoms with van der Waals surface area (Å²) in [6, 6.07) is 0. The molecule has 16 heavy (non-hydrogen) atoms. The quantitative estimate of drug-likeness (QED) is 0.594. The first-order valence-corrected chi connectivity index (χ1v) is 6.23. The van der Waals surface area contributed by atoms with Gasteiger partial charge in [0.05, 0.1) is 23.8 Å². The molecule has 2 saturated heterocycles. The Labute approximate surface area is 97.2 Å². The van der Waals surface area contributed by atoms with Gasteiger partial charge in [-0.1, -0.05) is 0 Å². The fourth-order valence-corrected chi connectivity index (χ4v) is 2.68. The minimum Gasteiger partial charge on any atom is -0.388 e. The molecule has 2 unspecified atom stereocenters. The second-order valence-corrected chi connectivity index (χ2v) is 4.96. The molecule has 0 bridgehead atoms. The van der Waals surface area contributed by atoms with E-state index in [-0.39, 0.29) is 31.4 Å². The SMILES string of the molecule is O=C1CSCN1CC(=O)N1CC(O)C(O)C1. The Morgan fingerprint density at radius 1 is 1.38 bits per heavy atom. The van der Waals surface area contributed by atoms with E-state index < -0.39 is 12.2 Å². The summed E-state index contributed by atoms with van der Waals surface area (Å²) in [6.07, 6.45) is -1.74. The van der Waals surface area contributed by atoms with Gasteiger partial charge in [-0.25, -0.2) is 0 Å². The van der Waals surface area contributed by atoms with Crippen molar-refractivity contribution in [3.05, 3.63) is 0 Å². The van der Waals surface area contributed by atoms with Crippen LogP contribution in [-0.2, 0) is 9.59 Å². The van der Waals surface area contributed by atoms with Crippen molar-refractivity contribution in [1.82, 2.24) is 9.80 Å². The van der Waals surface area contributed by atoms with E-state index in [9.17, 15) is 19.8 Å². The van der Waals surface area contributed by atoms with Crippen molar-refractivity contribution >= 4 is 23.6 Å². The van der Waals surface area contributed by atoms with Gasteiger partial charge in [0.2, 0.25) is 11.8 Å². The van der Waals surface area contributed by atoms with Gasteiger partial charge >= 0.3 is 0 Å². The molecule has 2 fully saturated rings. The molecule has 0 aromatic carbocycles. The van der Waals surface area contributed by atoms with Crippen molar-refractivity contribution in [2.75, 3.05) is 31.3 Å². The summed E-state index contributed by atoms with van der Waals surface area (Å²) in [6.45, 7) is 0.343. The molecule has 2 heterocycles. The molecule has 6 nitrogen and oxygen atoms in total. The Morgan fingerprint density at radius 3 is 2.50 bits per heavy atom. The minimum absolute atomic E-state index is 0.0290. The molecule has 0 aromatic rings. The number of β-amino-alcohol motifs (C(OH)–C–C–N with tert-alkyl or cyclic N) is 2. The fourth-order valence-electron chi connectivity index (χ4n) is 1.78. The highest BCUT2D eigenvalue weighted by molar-refractivity contribution is 8.00. The van der Waals surface area contributed by atoms with Gasteiger partial charge in [0.15, 0.2) is 0 Å². The minimum atomic E-state index is -0.868. The van der Waals surface area contributed by atoms with Crippen LogP contribution in [0.15, 0.2) is 0 Å². The molecular formula is C9H14N2O4S. The van der Waals surface area contributed by atoms with Gasteiger partial charge in [0.1, 0.15) is 6.54 Å². The van der Waals surface area contributed by atoms with Crippen molar-refractivity contribution in [3.63, 3.8) is 0 Å². The molecule has 0 aliphatic carbocycles. The van der Waals surface area contributed by atoms with Crippen LogP contribution in [0.2, 0.25) is 0 Å². The second kappa shape index (κ2) is 4.60. The van der Waals surface area contributed by atoms with Crippen molar-refractivity contribution in [1.29, 1.82) is 0 Å². The van der Waals surface area contributed by atoms with Crippen LogP contribution in [-0.4, -0.2) is 75.3 Å². The van der Waals surface area contributed by atoms with Crippen LogP contribution in [0.25, 0.3) is 0 Å². The standard InChI is InChI=1S/C9H14N2O4S/c12-6-1-10(2-7(6)13)8(14)3-11-5-16-4-9(11)15/h6-7,12-13H,1-5H2. The predicted molar refractivity (Wildman–Crippen MR) is 57.6 cm³/mol. The summed E-state index contributed by atoms with van der Waals surface area (Å²) in [4.78, 5) is 25.9. The van der Waals surface area contributed by atoms with Crippen LogP contribution in [0.5, 0.6) is 0 Å². The molecular weight excluding hydrogens is 232 g/mol. The van der Waals surface area contributed by atoms with Gasteiger partial charge in [-0.05, 0) is 0 Å². The topological polar surface area (TPSA) is 81.1 Å². The van der Waals surface area contributed by atoms with Crippen LogP contribution in [0.4, 0.5) is 0 Å². The fraction of sp³-hybridized carbons (Fsp3) is 0.778. The molecule has 2 aliphatic heterocycles. The third-order valence-electron chi connectivity index (χ3n) is 2.76. The first-order valence-electron chi connectivity index (χ1n) is 5.07. The van der Waals surface area contributed by atoms with Crippen LogP contribution in [0.3, 0.4) is 0 Å². The summed E-state index contributed by atoms with van der Waals surface area (Å²) in [5.41, 5.74) is 0. The number of hydrogen-bond acceptors (Lipinski definition) is 5. The first kappa shape index (κ1) is 11.7. The van der Waals surface area contributed by atoms with Crippen LogP contribution < -0.4 is 0 Å². The van der Waals surface area contributed by atoms with Gasteiger partial charge in [-0.2, -0.15) is 0 Å². The Balaban J connectivity index is 1.86. The lowest BCUT2D eigenvalue weighted by Crippen LogP contribution is -2.40. The van der Waals surface area contributed by atoms with Gasteiger partial charge in [-0.3, -0.25) is 9.59 Å². The molecule has 7 heteroatoms. The molecule has 0 aromatic heterocycles. The molecule has 2 aliphatic rings. The second-order valence-electron chi connectivity index (χ2n) is 4.00. The van der Waals surface area contributed by atoms with E-state index in [4.69, 9.17) is 0 Å². The Kier molecular flexibility index (Phi) is 3.36. The molecule has 2 atom stereocenters. The predicted octanol–water partition coefficient (Wildman–Crippen LogP) is -1.92. The third-order valence-corrected chi connectivity index (χ3v) is 3.71. The molecule has 2 N–H and O–H groups in total. The highest BCUT2D eigenvalue weighted by atomic mass is 32.2. The lowest BCUT2D eigenvalue weighted by Gasteiger charge is -2.20. The lowest BCUT2D eigenvalue weighted by atomic mass is 10.3. The van der Waals surface area contributed by atoms with E-state index in [0.29, 0.717) is 11.6 Å². The van der Waals surface area contributed by atoms with Gasteiger partial charge in [-0.15, -0.1) is 11.8 Å². The highest BCUT2D eigenvalue weighted by Gasteiger charge is 2.34. The van der Waals surface area contributed by atoms with E-state index in [1.165, 1.54) is 21.6 Å². The van der Waals surface area contributed by atoms with Crippen molar-refractivity contribution in [3.8, 4) is 0 Å². The van der Waals surface area contributed by atoms with E-state index in [2.05, 4.69) is 0 Å².